The number of benzene rings is 1. The Morgan fingerprint density at radius 1 is 1.11 bits per heavy atom. The maximum atomic E-state index is 5.59. The predicted octanol–water partition coefficient (Wildman–Crippen LogP) is 3.90. The molecular formula is C22H28N4O. The van der Waals surface area contributed by atoms with Crippen LogP contribution in [0.15, 0.2) is 61.1 Å². The van der Waals surface area contributed by atoms with Crippen molar-refractivity contribution in [2.75, 3.05) is 13.2 Å². The second kappa shape index (κ2) is 10.00. The van der Waals surface area contributed by atoms with E-state index in [1.165, 1.54) is 11.1 Å². The smallest absolute Gasteiger partial charge is 0.0983 e. The zero-order valence-corrected chi connectivity index (χ0v) is 16.1. The monoisotopic (exact) mass is 364 g/mol. The number of rotatable bonds is 10. The summed E-state index contributed by atoms with van der Waals surface area (Å²) in [6.07, 6.45) is 7.08. The fourth-order valence-corrected chi connectivity index (χ4v) is 2.93. The molecule has 0 atom stereocenters. The van der Waals surface area contributed by atoms with Crippen LogP contribution in [0.1, 0.15) is 31.4 Å². The number of aromatic nitrogens is 3. The van der Waals surface area contributed by atoms with Gasteiger partial charge >= 0.3 is 0 Å². The molecule has 0 aliphatic carbocycles. The standard InChI is InChI=1S/C22H28N4O/c1-18(2)27-13-7-12-24-15-21-17-26(16-19-8-4-3-5-9-19)25-22(21)20-10-6-11-23-14-20/h3-6,8-11,14,17-18,24H,7,12-13,15-16H2,1-2H3. The average molecular weight is 364 g/mol. The summed E-state index contributed by atoms with van der Waals surface area (Å²) in [6, 6.07) is 14.4. The van der Waals surface area contributed by atoms with E-state index in [0.29, 0.717) is 6.10 Å². The average Bonchev–Trinajstić information content (AvgIpc) is 3.08. The largest absolute Gasteiger partial charge is 0.379 e. The molecule has 3 rings (SSSR count). The maximum absolute atomic E-state index is 5.59. The molecule has 2 heterocycles. The van der Waals surface area contributed by atoms with Gasteiger partial charge in [0.05, 0.1) is 18.3 Å². The summed E-state index contributed by atoms with van der Waals surface area (Å²) in [5.41, 5.74) is 4.46. The summed E-state index contributed by atoms with van der Waals surface area (Å²) < 4.78 is 7.60. The highest BCUT2D eigenvalue weighted by Gasteiger charge is 2.11. The van der Waals surface area contributed by atoms with Crippen molar-refractivity contribution in [2.24, 2.45) is 0 Å². The third-order valence-electron chi connectivity index (χ3n) is 4.22. The minimum absolute atomic E-state index is 0.290. The van der Waals surface area contributed by atoms with Crippen LogP contribution in [-0.4, -0.2) is 34.0 Å². The molecular weight excluding hydrogens is 336 g/mol. The van der Waals surface area contributed by atoms with Crippen molar-refractivity contribution in [2.45, 2.75) is 39.5 Å². The van der Waals surface area contributed by atoms with Gasteiger partial charge in [-0.2, -0.15) is 5.10 Å². The van der Waals surface area contributed by atoms with Gasteiger partial charge in [0.2, 0.25) is 0 Å². The van der Waals surface area contributed by atoms with Gasteiger partial charge in [-0.1, -0.05) is 30.3 Å². The molecule has 0 fully saturated rings. The summed E-state index contributed by atoms with van der Waals surface area (Å²) in [4.78, 5) is 4.25. The van der Waals surface area contributed by atoms with E-state index in [9.17, 15) is 0 Å². The number of ether oxygens (including phenoxy) is 1. The lowest BCUT2D eigenvalue weighted by atomic mass is 10.1. The Kier molecular flexibility index (Phi) is 7.13. The van der Waals surface area contributed by atoms with E-state index in [2.05, 4.69) is 60.7 Å². The maximum Gasteiger partial charge on any atom is 0.0983 e. The lowest BCUT2D eigenvalue weighted by molar-refractivity contribution is 0.0770. The Bertz CT molecular complexity index is 800. The van der Waals surface area contributed by atoms with E-state index < -0.39 is 0 Å². The normalized spacial score (nSPS) is 11.2. The van der Waals surface area contributed by atoms with Crippen molar-refractivity contribution in [3.8, 4) is 11.3 Å². The fourth-order valence-electron chi connectivity index (χ4n) is 2.93. The molecule has 0 unspecified atom stereocenters. The van der Waals surface area contributed by atoms with E-state index in [1.54, 1.807) is 6.20 Å². The van der Waals surface area contributed by atoms with Gasteiger partial charge in [-0.15, -0.1) is 0 Å². The summed E-state index contributed by atoms with van der Waals surface area (Å²) in [5, 5.41) is 8.34. The molecule has 0 amide bonds. The van der Waals surface area contributed by atoms with Gasteiger partial charge in [0.1, 0.15) is 0 Å². The molecule has 0 bridgehead atoms. The number of pyridine rings is 1. The Labute approximate surface area is 161 Å². The lowest BCUT2D eigenvalue weighted by Crippen LogP contribution is -2.17. The first-order chi connectivity index (χ1) is 13.2. The minimum Gasteiger partial charge on any atom is -0.379 e. The first-order valence-corrected chi connectivity index (χ1v) is 9.55. The molecule has 5 nitrogen and oxygen atoms in total. The Balaban J connectivity index is 1.67. The number of nitrogens with one attached hydrogen (secondary N) is 1. The van der Waals surface area contributed by atoms with Gasteiger partial charge in [-0.25, -0.2) is 0 Å². The second-order valence-corrected chi connectivity index (χ2v) is 6.88. The third-order valence-corrected chi connectivity index (χ3v) is 4.22. The van der Waals surface area contributed by atoms with Crippen molar-refractivity contribution in [3.63, 3.8) is 0 Å². The van der Waals surface area contributed by atoms with Gasteiger partial charge < -0.3 is 10.1 Å². The predicted molar refractivity (Wildman–Crippen MR) is 108 cm³/mol. The molecule has 2 aromatic heterocycles. The van der Waals surface area contributed by atoms with Crippen molar-refractivity contribution >= 4 is 0 Å². The van der Waals surface area contributed by atoms with Gasteiger partial charge in [0, 0.05) is 42.9 Å². The number of nitrogens with zero attached hydrogens (tertiary/aromatic N) is 3. The van der Waals surface area contributed by atoms with Crippen LogP contribution in [0.3, 0.4) is 0 Å². The topological polar surface area (TPSA) is 52.0 Å². The molecule has 27 heavy (non-hydrogen) atoms. The summed E-state index contributed by atoms with van der Waals surface area (Å²) in [7, 11) is 0. The Morgan fingerprint density at radius 3 is 2.70 bits per heavy atom. The van der Waals surface area contributed by atoms with E-state index in [0.717, 1.165) is 43.9 Å². The highest BCUT2D eigenvalue weighted by atomic mass is 16.5. The van der Waals surface area contributed by atoms with Crippen LogP contribution < -0.4 is 5.32 Å². The molecule has 0 aliphatic rings. The van der Waals surface area contributed by atoms with E-state index in [1.807, 2.05) is 23.0 Å². The van der Waals surface area contributed by atoms with Crippen LogP contribution in [0.2, 0.25) is 0 Å². The van der Waals surface area contributed by atoms with Crippen LogP contribution in [0, 0.1) is 0 Å². The molecule has 0 radical (unpaired) electrons. The van der Waals surface area contributed by atoms with E-state index >= 15 is 0 Å². The van der Waals surface area contributed by atoms with Crippen LogP contribution in [-0.2, 0) is 17.8 Å². The Morgan fingerprint density at radius 2 is 1.96 bits per heavy atom. The van der Waals surface area contributed by atoms with Crippen LogP contribution in [0.25, 0.3) is 11.3 Å². The van der Waals surface area contributed by atoms with E-state index in [-0.39, 0.29) is 0 Å². The zero-order chi connectivity index (χ0) is 18.9. The minimum atomic E-state index is 0.290. The van der Waals surface area contributed by atoms with Crippen molar-refractivity contribution in [3.05, 3.63) is 72.2 Å². The molecule has 0 saturated heterocycles. The molecule has 1 aromatic carbocycles. The van der Waals surface area contributed by atoms with Crippen LogP contribution in [0.5, 0.6) is 0 Å². The fraction of sp³-hybridized carbons (Fsp3) is 0.364. The number of hydrogen-bond donors (Lipinski definition) is 1. The zero-order valence-electron chi connectivity index (χ0n) is 16.1. The highest BCUT2D eigenvalue weighted by molar-refractivity contribution is 5.61. The summed E-state index contributed by atoms with van der Waals surface area (Å²) >= 11 is 0. The van der Waals surface area contributed by atoms with Crippen molar-refractivity contribution in [1.82, 2.24) is 20.1 Å². The molecule has 0 aliphatic heterocycles. The molecule has 1 N–H and O–H groups in total. The SMILES string of the molecule is CC(C)OCCCNCc1cn(Cc2ccccc2)nc1-c1cccnc1. The summed E-state index contributed by atoms with van der Waals surface area (Å²) in [6.45, 7) is 7.37. The van der Waals surface area contributed by atoms with Crippen LogP contribution in [0.4, 0.5) is 0 Å². The van der Waals surface area contributed by atoms with Crippen molar-refractivity contribution < 1.29 is 4.74 Å². The first kappa shape index (κ1) is 19.3. The van der Waals surface area contributed by atoms with Crippen LogP contribution >= 0.6 is 0 Å². The number of hydrogen-bond acceptors (Lipinski definition) is 4. The molecule has 142 valence electrons. The van der Waals surface area contributed by atoms with Gasteiger partial charge in [0.15, 0.2) is 0 Å². The van der Waals surface area contributed by atoms with Gasteiger partial charge in [-0.3, -0.25) is 9.67 Å². The van der Waals surface area contributed by atoms with Gasteiger partial charge in [-0.05, 0) is 44.5 Å². The third kappa shape index (κ3) is 6.01. The molecule has 3 aromatic rings. The molecule has 0 spiro atoms. The Hall–Kier alpha value is -2.50. The quantitative estimate of drug-likeness (QED) is 0.555. The molecule has 5 heteroatoms. The highest BCUT2D eigenvalue weighted by Crippen LogP contribution is 2.21. The van der Waals surface area contributed by atoms with Crippen molar-refractivity contribution in [1.29, 1.82) is 0 Å². The van der Waals surface area contributed by atoms with Gasteiger partial charge in [0.25, 0.3) is 0 Å². The summed E-state index contributed by atoms with van der Waals surface area (Å²) in [5.74, 6) is 0. The first-order valence-electron chi connectivity index (χ1n) is 9.55. The molecule has 0 saturated carbocycles. The lowest BCUT2D eigenvalue weighted by Gasteiger charge is -2.08. The van der Waals surface area contributed by atoms with E-state index in [4.69, 9.17) is 9.84 Å². The second-order valence-electron chi connectivity index (χ2n) is 6.88.